The van der Waals surface area contributed by atoms with Gasteiger partial charge in [0.2, 0.25) is 0 Å². The predicted molar refractivity (Wildman–Crippen MR) is 112 cm³/mol. The second kappa shape index (κ2) is 8.82. The van der Waals surface area contributed by atoms with Crippen LogP contribution in [0.2, 0.25) is 0 Å². The number of rotatable bonds is 6. The van der Waals surface area contributed by atoms with Crippen molar-refractivity contribution in [2.45, 2.75) is 38.8 Å². The third-order valence-corrected chi connectivity index (χ3v) is 5.77. The fourth-order valence-electron chi connectivity index (χ4n) is 3.21. The Balaban J connectivity index is 2.15. The van der Waals surface area contributed by atoms with E-state index in [0.717, 1.165) is 5.75 Å². The summed E-state index contributed by atoms with van der Waals surface area (Å²) >= 11 is 1.47. The van der Waals surface area contributed by atoms with E-state index in [0.29, 0.717) is 39.3 Å². The number of esters is 1. The van der Waals surface area contributed by atoms with Crippen LogP contribution in [0.4, 0.5) is 10.2 Å². The van der Waals surface area contributed by atoms with E-state index in [1.54, 1.807) is 26.0 Å². The van der Waals surface area contributed by atoms with Crippen LogP contribution in [0.5, 0.6) is 0 Å². The second-order valence-corrected chi connectivity index (χ2v) is 8.22. The lowest BCUT2D eigenvalue weighted by atomic mass is 9.82. The topological polar surface area (TPSA) is 84.1 Å². The number of fused-ring (bicyclic) bond motifs is 1. The van der Waals surface area contributed by atoms with Crippen molar-refractivity contribution in [3.05, 3.63) is 62.8 Å². The molecule has 0 spiro atoms. The van der Waals surface area contributed by atoms with Gasteiger partial charge in [-0.1, -0.05) is 37.7 Å². The lowest BCUT2D eigenvalue weighted by Gasteiger charge is -2.28. The van der Waals surface area contributed by atoms with Gasteiger partial charge in [0.05, 0.1) is 23.7 Å². The van der Waals surface area contributed by atoms with Crippen LogP contribution in [-0.4, -0.2) is 28.3 Å². The van der Waals surface area contributed by atoms with Gasteiger partial charge in [-0.05, 0) is 37.5 Å². The van der Waals surface area contributed by atoms with Crippen LogP contribution in [0.1, 0.15) is 44.7 Å². The van der Waals surface area contributed by atoms with Crippen LogP contribution < -0.4 is 10.9 Å². The van der Waals surface area contributed by atoms with E-state index in [1.807, 2.05) is 0 Å². The summed E-state index contributed by atoms with van der Waals surface area (Å²) in [4.78, 5) is 33.1. The van der Waals surface area contributed by atoms with Crippen molar-refractivity contribution in [1.82, 2.24) is 9.97 Å². The van der Waals surface area contributed by atoms with Gasteiger partial charge in [-0.3, -0.25) is 4.79 Å². The third kappa shape index (κ3) is 4.53. The molecule has 154 valence electrons. The number of carbonyl (C=O) groups excluding carboxylic acids is 1. The van der Waals surface area contributed by atoms with Gasteiger partial charge in [0.25, 0.3) is 5.56 Å². The quantitative estimate of drug-likeness (QED) is 0.419. The number of nitrogens with zero attached hydrogens (tertiary/aromatic N) is 1. The molecule has 0 fully saturated rings. The SMILES string of the molecule is CCOC(=O)C1=C(C)Nc2nc(SCC(C)C)[nH]c(=O)c2[C@@H]1c1ccc(F)cc1. The first kappa shape index (κ1) is 21.1. The lowest BCUT2D eigenvalue weighted by Crippen LogP contribution is -2.31. The van der Waals surface area contributed by atoms with Crippen LogP contribution in [0.15, 0.2) is 45.5 Å². The molecule has 8 heteroatoms. The number of nitrogens with one attached hydrogen (secondary N) is 2. The van der Waals surface area contributed by atoms with E-state index >= 15 is 0 Å². The summed E-state index contributed by atoms with van der Waals surface area (Å²) in [6, 6.07) is 5.76. The molecule has 29 heavy (non-hydrogen) atoms. The van der Waals surface area contributed by atoms with Gasteiger partial charge in [-0.25, -0.2) is 14.2 Å². The largest absolute Gasteiger partial charge is 0.463 e. The molecule has 0 saturated heterocycles. The number of benzene rings is 1. The zero-order valence-corrected chi connectivity index (χ0v) is 17.7. The molecule has 0 aliphatic carbocycles. The zero-order valence-electron chi connectivity index (χ0n) is 16.8. The predicted octanol–water partition coefficient (Wildman–Crippen LogP) is 4.05. The van der Waals surface area contributed by atoms with Gasteiger partial charge < -0.3 is 15.0 Å². The van der Waals surface area contributed by atoms with Crippen molar-refractivity contribution in [1.29, 1.82) is 0 Å². The molecule has 1 aliphatic heterocycles. The first-order valence-electron chi connectivity index (χ1n) is 9.49. The molecule has 0 bridgehead atoms. The van der Waals surface area contributed by atoms with E-state index in [1.165, 1.54) is 23.9 Å². The monoisotopic (exact) mass is 417 g/mol. The van der Waals surface area contributed by atoms with Gasteiger partial charge in [0.15, 0.2) is 5.16 Å². The van der Waals surface area contributed by atoms with E-state index in [-0.39, 0.29) is 12.2 Å². The van der Waals surface area contributed by atoms with Crippen LogP contribution in [0.25, 0.3) is 0 Å². The van der Waals surface area contributed by atoms with E-state index in [9.17, 15) is 14.0 Å². The Bertz CT molecular complexity index is 999. The molecule has 1 aromatic carbocycles. The highest BCUT2D eigenvalue weighted by molar-refractivity contribution is 7.99. The van der Waals surface area contributed by atoms with E-state index < -0.39 is 17.7 Å². The Morgan fingerprint density at radius 1 is 1.31 bits per heavy atom. The molecule has 2 aromatic rings. The highest BCUT2D eigenvalue weighted by atomic mass is 32.2. The van der Waals surface area contributed by atoms with Crippen molar-refractivity contribution in [2.75, 3.05) is 17.7 Å². The Labute approximate surface area is 173 Å². The van der Waals surface area contributed by atoms with Crippen molar-refractivity contribution >= 4 is 23.5 Å². The van der Waals surface area contributed by atoms with E-state index in [2.05, 4.69) is 29.1 Å². The zero-order chi connectivity index (χ0) is 21.1. The number of carbonyl (C=O) groups is 1. The Morgan fingerprint density at radius 3 is 2.62 bits per heavy atom. The minimum Gasteiger partial charge on any atom is -0.463 e. The van der Waals surface area contributed by atoms with Crippen LogP contribution in [0, 0.1) is 11.7 Å². The molecular weight excluding hydrogens is 393 g/mol. The Morgan fingerprint density at radius 2 is 2.00 bits per heavy atom. The van der Waals surface area contributed by atoms with Gasteiger partial charge in [0.1, 0.15) is 11.6 Å². The summed E-state index contributed by atoms with van der Waals surface area (Å²) in [6.45, 7) is 7.85. The molecule has 0 saturated carbocycles. The van der Waals surface area contributed by atoms with Crippen LogP contribution in [0.3, 0.4) is 0 Å². The highest BCUT2D eigenvalue weighted by Gasteiger charge is 2.36. The summed E-state index contributed by atoms with van der Waals surface area (Å²) in [5, 5.41) is 3.60. The first-order chi connectivity index (χ1) is 13.8. The average Bonchev–Trinajstić information content (AvgIpc) is 2.66. The number of anilines is 1. The maximum atomic E-state index is 13.5. The molecule has 6 nitrogen and oxygen atoms in total. The van der Waals surface area contributed by atoms with Gasteiger partial charge >= 0.3 is 5.97 Å². The average molecular weight is 418 g/mol. The molecule has 2 heterocycles. The van der Waals surface area contributed by atoms with Crippen LogP contribution >= 0.6 is 11.8 Å². The lowest BCUT2D eigenvalue weighted by molar-refractivity contribution is -0.138. The number of hydrogen-bond acceptors (Lipinski definition) is 6. The number of aromatic nitrogens is 2. The molecule has 0 radical (unpaired) electrons. The molecule has 1 aromatic heterocycles. The van der Waals surface area contributed by atoms with Gasteiger partial charge in [-0.15, -0.1) is 0 Å². The summed E-state index contributed by atoms with van der Waals surface area (Å²) in [6.07, 6.45) is 0. The third-order valence-electron chi connectivity index (χ3n) is 4.47. The summed E-state index contributed by atoms with van der Waals surface area (Å²) in [5.41, 5.74) is 1.48. The number of ether oxygens (including phenoxy) is 1. The van der Waals surface area contributed by atoms with Crippen molar-refractivity contribution < 1.29 is 13.9 Å². The van der Waals surface area contributed by atoms with Gasteiger partial charge in [-0.2, -0.15) is 0 Å². The number of aromatic amines is 1. The number of hydrogen-bond donors (Lipinski definition) is 2. The molecular formula is C21H24FN3O3S. The molecule has 0 unspecified atom stereocenters. The number of allylic oxidation sites excluding steroid dienone is 1. The number of H-pyrrole nitrogens is 1. The summed E-state index contributed by atoms with van der Waals surface area (Å²) in [5.74, 6) is 0.0415. The Hall–Kier alpha value is -2.61. The molecule has 2 N–H and O–H groups in total. The smallest absolute Gasteiger partial charge is 0.336 e. The minimum absolute atomic E-state index is 0.206. The standard InChI is InChI=1S/C21H24FN3O3S/c1-5-28-20(27)15-12(4)23-18-17(16(15)13-6-8-14(22)9-7-13)19(26)25-21(24-18)29-10-11(2)3/h6-9,11,16H,5,10H2,1-4H3,(H2,23,24,25,26)/t16-/m1/s1. The van der Waals surface area contributed by atoms with Crippen molar-refractivity contribution in [2.24, 2.45) is 5.92 Å². The normalized spacial score (nSPS) is 15.9. The maximum Gasteiger partial charge on any atom is 0.336 e. The number of thioether (sulfide) groups is 1. The molecule has 0 amide bonds. The van der Waals surface area contributed by atoms with Crippen molar-refractivity contribution in [3.63, 3.8) is 0 Å². The molecule has 1 atom stereocenters. The number of halogens is 1. The first-order valence-corrected chi connectivity index (χ1v) is 10.5. The fraction of sp³-hybridized carbons (Fsp3) is 0.381. The highest BCUT2D eigenvalue weighted by Crippen LogP contribution is 2.40. The van der Waals surface area contributed by atoms with Crippen molar-refractivity contribution in [3.8, 4) is 0 Å². The minimum atomic E-state index is -0.703. The van der Waals surface area contributed by atoms with Gasteiger partial charge in [0, 0.05) is 11.4 Å². The summed E-state index contributed by atoms with van der Waals surface area (Å²) < 4.78 is 18.7. The van der Waals surface area contributed by atoms with Crippen LogP contribution in [-0.2, 0) is 9.53 Å². The maximum absolute atomic E-state index is 13.5. The molecule has 3 rings (SSSR count). The summed E-state index contributed by atoms with van der Waals surface area (Å²) in [7, 11) is 0. The fourth-order valence-corrected chi connectivity index (χ4v) is 4.02. The molecule has 1 aliphatic rings. The Kier molecular flexibility index (Phi) is 6.42. The second-order valence-electron chi connectivity index (χ2n) is 7.21. The van der Waals surface area contributed by atoms with E-state index in [4.69, 9.17) is 4.74 Å².